The second-order valence-electron chi connectivity index (χ2n) is 4.23. The van der Waals surface area contributed by atoms with Crippen molar-refractivity contribution in [1.29, 1.82) is 0 Å². The largest absolute Gasteiger partial charge is 0.395 e. The highest BCUT2D eigenvalue weighted by molar-refractivity contribution is 4.63. The summed E-state index contributed by atoms with van der Waals surface area (Å²) in [6.45, 7) is 9.03. The smallest absolute Gasteiger partial charge is 0.0558 e. The Hall–Kier alpha value is -0.0800. The van der Waals surface area contributed by atoms with E-state index in [0.29, 0.717) is 0 Å². The molecular weight excluding hydrogens is 162 g/mol. The Morgan fingerprint density at radius 3 is 2.23 bits per heavy atom. The topological polar surface area (TPSA) is 23.5 Å². The van der Waals surface area contributed by atoms with Crippen LogP contribution in [0, 0.1) is 11.8 Å². The molecule has 0 saturated carbocycles. The zero-order valence-corrected chi connectivity index (χ0v) is 9.58. The molecule has 0 spiro atoms. The molecule has 1 N–H and O–H groups in total. The van der Waals surface area contributed by atoms with E-state index in [9.17, 15) is 0 Å². The molecule has 1 unspecified atom stereocenters. The van der Waals surface area contributed by atoms with E-state index in [0.717, 1.165) is 24.9 Å². The minimum Gasteiger partial charge on any atom is -0.395 e. The van der Waals surface area contributed by atoms with Gasteiger partial charge in [-0.25, -0.2) is 0 Å². The van der Waals surface area contributed by atoms with Gasteiger partial charge < -0.3 is 10.0 Å². The molecule has 0 aromatic rings. The Balaban J connectivity index is 3.59. The van der Waals surface area contributed by atoms with Crippen LogP contribution in [0.2, 0.25) is 0 Å². The van der Waals surface area contributed by atoms with Gasteiger partial charge in [-0.15, -0.1) is 0 Å². The van der Waals surface area contributed by atoms with E-state index in [1.54, 1.807) is 0 Å². The van der Waals surface area contributed by atoms with Crippen molar-refractivity contribution in [3.05, 3.63) is 0 Å². The van der Waals surface area contributed by atoms with Gasteiger partial charge in [0.25, 0.3) is 0 Å². The molecule has 0 aliphatic heterocycles. The summed E-state index contributed by atoms with van der Waals surface area (Å²) in [6.07, 6.45) is 2.52. The molecule has 0 aromatic heterocycles. The molecule has 13 heavy (non-hydrogen) atoms. The van der Waals surface area contributed by atoms with Crippen LogP contribution in [-0.2, 0) is 0 Å². The zero-order valence-electron chi connectivity index (χ0n) is 9.58. The number of likely N-dealkylation sites (N-methyl/N-ethyl adjacent to an activating group) is 1. The quantitative estimate of drug-likeness (QED) is 0.659. The van der Waals surface area contributed by atoms with Gasteiger partial charge in [0.2, 0.25) is 0 Å². The predicted molar refractivity (Wildman–Crippen MR) is 57.8 cm³/mol. The normalized spacial score (nSPS) is 14.1. The average Bonchev–Trinajstić information content (AvgIpc) is 2.05. The van der Waals surface area contributed by atoms with Gasteiger partial charge >= 0.3 is 0 Å². The van der Waals surface area contributed by atoms with Crippen molar-refractivity contribution in [3.63, 3.8) is 0 Å². The van der Waals surface area contributed by atoms with Gasteiger partial charge in [-0.1, -0.05) is 27.2 Å². The van der Waals surface area contributed by atoms with Crippen LogP contribution in [0.4, 0.5) is 0 Å². The van der Waals surface area contributed by atoms with E-state index in [2.05, 4.69) is 32.7 Å². The first-order valence-corrected chi connectivity index (χ1v) is 5.41. The summed E-state index contributed by atoms with van der Waals surface area (Å²) in [5, 5.41) is 8.73. The third-order valence-corrected chi connectivity index (χ3v) is 2.83. The Morgan fingerprint density at radius 2 is 1.85 bits per heavy atom. The van der Waals surface area contributed by atoms with Crippen LogP contribution in [0.3, 0.4) is 0 Å². The summed E-state index contributed by atoms with van der Waals surface area (Å²) in [4.78, 5) is 2.20. The third kappa shape index (κ3) is 6.05. The van der Waals surface area contributed by atoms with Gasteiger partial charge in [-0.3, -0.25) is 0 Å². The standard InChI is InChI=1S/C11H25NO/c1-5-11(10(2)3)6-7-12(4)8-9-13/h10-11,13H,5-9H2,1-4H3. The first kappa shape index (κ1) is 12.9. The maximum absolute atomic E-state index is 8.73. The van der Waals surface area contributed by atoms with Crippen LogP contribution in [-0.4, -0.2) is 36.8 Å². The molecule has 0 rings (SSSR count). The minimum atomic E-state index is 0.273. The zero-order chi connectivity index (χ0) is 10.3. The number of aliphatic hydroxyl groups is 1. The molecule has 80 valence electrons. The predicted octanol–water partition coefficient (Wildman–Crippen LogP) is 1.98. The van der Waals surface area contributed by atoms with Gasteiger partial charge in [0.05, 0.1) is 6.61 Å². The lowest BCUT2D eigenvalue weighted by molar-refractivity contribution is 0.204. The molecule has 0 heterocycles. The third-order valence-electron chi connectivity index (χ3n) is 2.83. The molecule has 0 saturated heterocycles. The maximum Gasteiger partial charge on any atom is 0.0558 e. The molecule has 0 radical (unpaired) electrons. The summed E-state index contributed by atoms with van der Waals surface area (Å²) in [7, 11) is 2.07. The highest BCUT2D eigenvalue weighted by atomic mass is 16.3. The molecule has 0 amide bonds. The van der Waals surface area contributed by atoms with Crippen molar-refractivity contribution in [2.24, 2.45) is 11.8 Å². The van der Waals surface area contributed by atoms with Crippen LogP contribution in [0.1, 0.15) is 33.6 Å². The van der Waals surface area contributed by atoms with Crippen molar-refractivity contribution in [3.8, 4) is 0 Å². The van der Waals surface area contributed by atoms with Gasteiger partial charge in [0.15, 0.2) is 0 Å². The summed E-state index contributed by atoms with van der Waals surface area (Å²) >= 11 is 0. The van der Waals surface area contributed by atoms with Crippen LogP contribution < -0.4 is 0 Å². The maximum atomic E-state index is 8.73. The second kappa shape index (κ2) is 7.34. The minimum absolute atomic E-state index is 0.273. The van der Waals surface area contributed by atoms with Crippen molar-refractivity contribution >= 4 is 0 Å². The van der Waals surface area contributed by atoms with Gasteiger partial charge in [0, 0.05) is 6.54 Å². The molecular formula is C11H25NO. The number of aliphatic hydroxyl groups excluding tert-OH is 1. The molecule has 1 atom stereocenters. The van der Waals surface area contributed by atoms with E-state index >= 15 is 0 Å². The van der Waals surface area contributed by atoms with Crippen LogP contribution in [0.15, 0.2) is 0 Å². The van der Waals surface area contributed by atoms with E-state index in [4.69, 9.17) is 5.11 Å². The van der Waals surface area contributed by atoms with Crippen molar-refractivity contribution in [2.45, 2.75) is 33.6 Å². The Kier molecular flexibility index (Phi) is 7.29. The molecule has 0 aliphatic rings. The average molecular weight is 187 g/mol. The molecule has 0 fully saturated rings. The first-order chi connectivity index (χ1) is 6.11. The highest BCUT2D eigenvalue weighted by Crippen LogP contribution is 2.18. The second-order valence-corrected chi connectivity index (χ2v) is 4.23. The lowest BCUT2D eigenvalue weighted by atomic mass is 9.90. The van der Waals surface area contributed by atoms with Crippen LogP contribution in [0.25, 0.3) is 0 Å². The van der Waals surface area contributed by atoms with E-state index in [-0.39, 0.29) is 6.61 Å². The summed E-state index contributed by atoms with van der Waals surface area (Å²) in [5.41, 5.74) is 0. The van der Waals surface area contributed by atoms with Crippen molar-refractivity contribution < 1.29 is 5.11 Å². The molecule has 0 aromatic carbocycles. The van der Waals surface area contributed by atoms with Gasteiger partial charge in [0.1, 0.15) is 0 Å². The van der Waals surface area contributed by atoms with Gasteiger partial charge in [-0.05, 0) is 31.8 Å². The Labute approximate surface area is 82.9 Å². The molecule has 2 nitrogen and oxygen atoms in total. The lowest BCUT2D eigenvalue weighted by Gasteiger charge is -2.22. The van der Waals surface area contributed by atoms with Gasteiger partial charge in [-0.2, -0.15) is 0 Å². The summed E-state index contributed by atoms with van der Waals surface area (Å²) in [6, 6.07) is 0. The first-order valence-electron chi connectivity index (χ1n) is 5.41. The number of hydrogen-bond acceptors (Lipinski definition) is 2. The number of rotatable bonds is 7. The summed E-state index contributed by atoms with van der Waals surface area (Å²) in [5.74, 6) is 1.62. The molecule has 2 heteroatoms. The highest BCUT2D eigenvalue weighted by Gasteiger charge is 2.11. The fourth-order valence-corrected chi connectivity index (χ4v) is 1.68. The SMILES string of the molecule is CCC(CCN(C)CCO)C(C)C. The fourth-order valence-electron chi connectivity index (χ4n) is 1.68. The van der Waals surface area contributed by atoms with Crippen molar-refractivity contribution in [1.82, 2.24) is 4.90 Å². The van der Waals surface area contributed by atoms with E-state index in [1.807, 2.05) is 0 Å². The number of nitrogens with zero attached hydrogens (tertiary/aromatic N) is 1. The fraction of sp³-hybridized carbons (Fsp3) is 1.00. The van der Waals surface area contributed by atoms with E-state index in [1.165, 1.54) is 12.8 Å². The Bertz CT molecular complexity index is 115. The molecule has 0 bridgehead atoms. The Morgan fingerprint density at radius 1 is 1.23 bits per heavy atom. The van der Waals surface area contributed by atoms with E-state index < -0.39 is 0 Å². The van der Waals surface area contributed by atoms with Crippen LogP contribution >= 0.6 is 0 Å². The van der Waals surface area contributed by atoms with Crippen molar-refractivity contribution in [2.75, 3.05) is 26.7 Å². The number of hydrogen-bond donors (Lipinski definition) is 1. The lowest BCUT2D eigenvalue weighted by Crippen LogP contribution is -2.25. The van der Waals surface area contributed by atoms with Crippen LogP contribution in [0.5, 0.6) is 0 Å². The monoisotopic (exact) mass is 187 g/mol. The molecule has 0 aliphatic carbocycles. The summed E-state index contributed by atoms with van der Waals surface area (Å²) < 4.78 is 0.